The van der Waals surface area contributed by atoms with Gasteiger partial charge < -0.3 is 14.2 Å². The van der Waals surface area contributed by atoms with Crippen LogP contribution >= 0.6 is 35.0 Å². The zero-order valence-corrected chi connectivity index (χ0v) is 20.5. The lowest BCUT2D eigenvalue weighted by Gasteiger charge is -2.13. The number of thioether (sulfide) groups is 1. The van der Waals surface area contributed by atoms with E-state index in [1.54, 1.807) is 25.1 Å². The molecular weight excluding hydrogens is 505 g/mol. The summed E-state index contributed by atoms with van der Waals surface area (Å²) >= 11 is 12.8. The Labute approximate surface area is 209 Å². The molecule has 11 heteroatoms. The van der Waals surface area contributed by atoms with Gasteiger partial charge in [-0.2, -0.15) is 0 Å². The number of ketones is 1. The van der Waals surface area contributed by atoms with Crippen LogP contribution in [0.15, 0.2) is 41.3 Å². The third kappa shape index (κ3) is 6.11. The monoisotopic (exact) mass is 523 g/mol. The number of hydrogen-bond acceptors (Lipinski definition) is 8. The van der Waals surface area contributed by atoms with Gasteiger partial charge in [0.25, 0.3) is 11.1 Å². The fourth-order valence-corrected chi connectivity index (χ4v) is 4.19. The first-order valence-electron chi connectivity index (χ1n) is 9.93. The van der Waals surface area contributed by atoms with Crippen molar-refractivity contribution in [3.8, 4) is 11.5 Å². The second-order valence-electron chi connectivity index (χ2n) is 6.83. The van der Waals surface area contributed by atoms with Crippen LogP contribution in [0.2, 0.25) is 10.0 Å². The van der Waals surface area contributed by atoms with Gasteiger partial charge in [0.2, 0.25) is 0 Å². The van der Waals surface area contributed by atoms with Crippen LogP contribution in [0.4, 0.5) is 4.79 Å². The predicted molar refractivity (Wildman–Crippen MR) is 129 cm³/mol. The average molecular weight is 524 g/mol. The summed E-state index contributed by atoms with van der Waals surface area (Å²) in [4.78, 5) is 50.2. The Morgan fingerprint density at radius 1 is 1.12 bits per heavy atom. The van der Waals surface area contributed by atoms with E-state index in [-0.39, 0.29) is 34.6 Å². The quantitative estimate of drug-likeness (QED) is 0.261. The minimum atomic E-state index is -0.602. The minimum Gasteiger partial charge on any atom is -0.493 e. The largest absolute Gasteiger partial charge is 0.493 e. The number of imide groups is 1. The molecule has 1 aliphatic heterocycles. The Morgan fingerprint density at radius 3 is 2.47 bits per heavy atom. The molecule has 1 aliphatic rings. The van der Waals surface area contributed by atoms with Crippen molar-refractivity contribution in [3.63, 3.8) is 0 Å². The Balaban J connectivity index is 1.77. The topological polar surface area (TPSA) is 99.2 Å². The molecule has 2 amide bonds. The number of benzene rings is 2. The van der Waals surface area contributed by atoms with Crippen molar-refractivity contribution < 1.29 is 33.4 Å². The Hall–Kier alpha value is -3.01. The summed E-state index contributed by atoms with van der Waals surface area (Å²) in [5.41, 5.74) is 0.794. The average Bonchev–Trinajstić information content (AvgIpc) is 3.05. The molecule has 0 aliphatic carbocycles. The molecule has 0 unspecified atom stereocenters. The van der Waals surface area contributed by atoms with Crippen molar-refractivity contribution >= 4 is 63.9 Å². The lowest BCUT2D eigenvalue weighted by atomic mass is 10.1. The molecule has 2 aromatic rings. The Kier molecular flexibility index (Phi) is 8.60. The summed E-state index contributed by atoms with van der Waals surface area (Å²) in [6, 6.07) is 9.20. The molecule has 0 radical (unpaired) electrons. The first-order valence-corrected chi connectivity index (χ1v) is 11.5. The molecule has 0 bridgehead atoms. The first-order chi connectivity index (χ1) is 16.2. The number of nitrogens with zero attached hydrogens (tertiary/aromatic N) is 1. The summed E-state index contributed by atoms with van der Waals surface area (Å²) in [5, 5.41) is 0.0371. The molecule has 1 fully saturated rings. The van der Waals surface area contributed by atoms with Gasteiger partial charge in [0, 0.05) is 10.6 Å². The van der Waals surface area contributed by atoms with Crippen LogP contribution in [-0.4, -0.2) is 54.7 Å². The first kappa shape index (κ1) is 25.6. The molecule has 0 aromatic heterocycles. The zero-order chi connectivity index (χ0) is 24.8. The Morgan fingerprint density at radius 2 is 1.82 bits per heavy atom. The van der Waals surface area contributed by atoms with E-state index in [9.17, 15) is 19.2 Å². The van der Waals surface area contributed by atoms with E-state index in [2.05, 4.69) is 0 Å². The second kappa shape index (κ2) is 11.4. The fourth-order valence-electron chi connectivity index (χ4n) is 2.96. The number of methoxy groups -OCH3 is 1. The van der Waals surface area contributed by atoms with Crippen LogP contribution in [0.3, 0.4) is 0 Å². The van der Waals surface area contributed by atoms with Crippen LogP contribution in [-0.2, 0) is 14.3 Å². The van der Waals surface area contributed by atoms with Crippen molar-refractivity contribution in [2.24, 2.45) is 0 Å². The third-order valence-corrected chi connectivity index (χ3v) is 5.97. The van der Waals surface area contributed by atoms with Crippen LogP contribution in [0.5, 0.6) is 11.5 Å². The van der Waals surface area contributed by atoms with E-state index in [0.29, 0.717) is 27.9 Å². The number of rotatable bonds is 9. The summed E-state index contributed by atoms with van der Waals surface area (Å²) in [6.07, 6.45) is 1.46. The minimum absolute atomic E-state index is 0.118. The van der Waals surface area contributed by atoms with Crippen LogP contribution in [0, 0.1) is 0 Å². The van der Waals surface area contributed by atoms with Gasteiger partial charge in [-0.15, -0.1) is 0 Å². The molecule has 178 valence electrons. The summed E-state index contributed by atoms with van der Waals surface area (Å²) in [7, 11) is 1.39. The summed E-state index contributed by atoms with van der Waals surface area (Å²) in [5.74, 6) is -1.20. The number of ether oxygens (including phenoxy) is 3. The van der Waals surface area contributed by atoms with E-state index in [1.165, 1.54) is 31.4 Å². The van der Waals surface area contributed by atoms with Crippen LogP contribution in [0.1, 0.15) is 22.8 Å². The molecule has 3 rings (SSSR count). The summed E-state index contributed by atoms with van der Waals surface area (Å²) < 4.78 is 15.5. The van der Waals surface area contributed by atoms with Crippen molar-refractivity contribution in [1.82, 2.24) is 4.90 Å². The normalized spacial score (nSPS) is 14.5. The molecule has 1 heterocycles. The maximum absolute atomic E-state index is 12.8. The standard InChI is InChI=1S/C23H19Cl2NO7S/c1-3-32-20(28)12-33-21-16(25)8-13(9-18(21)31-2)10-19-22(29)26(23(30)34-19)11-17(27)14-4-6-15(24)7-5-14/h4-10H,3,11-12H2,1-2H3/b19-10-. The fraction of sp³-hybridized carbons (Fsp3) is 0.217. The van der Waals surface area contributed by atoms with Crippen LogP contribution in [0.25, 0.3) is 6.08 Å². The van der Waals surface area contributed by atoms with Gasteiger partial charge >= 0.3 is 5.97 Å². The Bertz CT molecular complexity index is 1160. The molecule has 0 N–H and O–H groups in total. The van der Waals surface area contributed by atoms with Gasteiger partial charge in [-0.05, 0) is 66.7 Å². The highest BCUT2D eigenvalue weighted by atomic mass is 35.5. The van der Waals surface area contributed by atoms with E-state index in [4.69, 9.17) is 37.4 Å². The maximum Gasteiger partial charge on any atom is 0.344 e. The van der Waals surface area contributed by atoms with Gasteiger partial charge in [0.15, 0.2) is 23.9 Å². The van der Waals surface area contributed by atoms with Crippen molar-refractivity contribution in [1.29, 1.82) is 0 Å². The highest BCUT2D eigenvalue weighted by Gasteiger charge is 2.36. The smallest absolute Gasteiger partial charge is 0.344 e. The van der Waals surface area contributed by atoms with E-state index in [0.717, 1.165) is 4.90 Å². The van der Waals surface area contributed by atoms with Crippen molar-refractivity contribution in [2.75, 3.05) is 26.9 Å². The molecule has 2 aromatic carbocycles. The molecule has 8 nitrogen and oxygen atoms in total. The van der Waals surface area contributed by atoms with Crippen molar-refractivity contribution in [2.45, 2.75) is 6.92 Å². The number of hydrogen-bond donors (Lipinski definition) is 0. The van der Waals surface area contributed by atoms with E-state index in [1.807, 2.05) is 0 Å². The molecule has 34 heavy (non-hydrogen) atoms. The van der Waals surface area contributed by atoms with Gasteiger partial charge in [-0.1, -0.05) is 23.2 Å². The van der Waals surface area contributed by atoms with Crippen molar-refractivity contribution in [3.05, 3.63) is 62.5 Å². The van der Waals surface area contributed by atoms with Gasteiger partial charge in [-0.25, -0.2) is 4.79 Å². The molecular formula is C23H19Cl2NO7S. The summed E-state index contributed by atoms with van der Waals surface area (Å²) in [6.45, 7) is 1.14. The maximum atomic E-state index is 12.8. The highest BCUT2D eigenvalue weighted by molar-refractivity contribution is 8.18. The molecule has 0 saturated carbocycles. The molecule has 0 spiro atoms. The van der Waals surface area contributed by atoms with E-state index < -0.39 is 29.4 Å². The number of carbonyl (C=O) groups is 4. The number of esters is 1. The number of amides is 2. The number of halogens is 2. The van der Waals surface area contributed by atoms with Crippen LogP contribution < -0.4 is 9.47 Å². The SMILES string of the molecule is CCOC(=O)COc1c(Cl)cc(/C=C2\SC(=O)N(CC(=O)c3ccc(Cl)cc3)C2=O)cc1OC. The van der Waals surface area contributed by atoms with Gasteiger partial charge in [0.1, 0.15) is 0 Å². The van der Waals surface area contributed by atoms with Gasteiger partial charge in [-0.3, -0.25) is 19.3 Å². The highest BCUT2D eigenvalue weighted by Crippen LogP contribution is 2.39. The molecule has 1 saturated heterocycles. The van der Waals surface area contributed by atoms with E-state index >= 15 is 0 Å². The lowest BCUT2D eigenvalue weighted by molar-refractivity contribution is -0.145. The second-order valence-corrected chi connectivity index (χ2v) is 8.66. The number of Topliss-reactive ketones (excluding diaryl/α,β-unsaturated/α-hetero) is 1. The van der Waals surface area contributed by atoms with Gasteiger partial charge in [0.05, 0.1) is 30.2 Å². The third-order valence-electron chi connectivity index (χ3n) is 4.53. The zero-order valence-electron chi connectivity index (χ0n) is 18.1. The predicted octanol–water partition coefficient (Wildman–Crippen LogP) is 4.86. The lowest BCUT2D eigenvalue weighted by Crippen LogP contribution is -2.33. The molecule has 0 atom stereocenters. The number of carbonyl (C=O) groups excluding carboxylic acids is 4.